The molecular formula is C40H34N6O. The molecule has 3 heterocycles. The quantitative estimate of drug-likeness (QED) is 0.146. The van der Waals surface area contributed by atoms with Gasteiger partial charge < -0.3 is 19.9 Å². The molecule has 1 atom stereocenters. The molecule has 0 spiro atoms. The molecule has 0 aliphatic rings. The zero-order chi connectivity index (χ0) is 31.6. The lowest BCUT2D eigenvalue weighted by Gasteiger charge is -2.21. The van der Waals surface area contributed by atoms with E-state index in [9.17, 15) is 4.79 Å². The molecule has 5 aromatic carbocycles. The van der Waals surface area contributed by atoms with Crippen molar-refractivity contribution in [1.82, 2.24) is 30.0 Å². The molecule has 7 nitrogen and oxygen atoms in total. The Kier molecular flexibility index (Phi) is 7.55. The van der Waals surface area contributed by atoms with Gasteiger partial charge in [0.1, 0.15) is 5.82 Å². The summed E-state index contributed by atoms with van der Waals surface area (Å²) in [6.45, 7) is 0.582. The van der Waals surface area contributed by atoms with Crippen molar-refractivity contribution in [2.45, 2.75) is 31.8 Å². The van der Waals surface area contributed by atoms with Crippen LogP contribution in [0, 0.1) is 0 Å². The molecule has 3 N–H and O–H groups in total. The van der Waals surface area contributed by atoms with E-state index in [1.165, 1.54) is 27.3 Å². The number of benzene rings is 5. The first kappa shape index (κ1) is 28.5. The Morgan fingerprint density at radius 3 is 2.06 bits per heavy atom. The Bertz CT molecular complexity index is 2320. The van der Waals surface area contributed by atoms with Crippen molar-refractivity contribution in [1.29, 1.82) is 0 Å². The number of aryl methyl sites for hydroxylation is 2. The fourth-order valence-corrected chi connectivity index (χ4v) is 6.71. The maximum Gasteiger partial charge on any atom is 0.251 e. The second kappa shape index (κ2) is 12.4. The fraction of sp³-hybridized carbons (Fsp3) is 0.125. The predicted molar refractivity (Wildman–Crippen MR) is 187 cm³/mol. The summed E-state index contributed by atoms with van der Waals surface area (Å²) in [5, 5.41) is 17.7. The lowest BCUT2D eigenvalue weighted by Crippen LogP contribution is -2.32. The van der Waals surface area contributed by atoms with Crippen molar-refractivity contribution in [2.24, 2.45) is 0 Å². The molecule has 0 aliphatic carbocycles. The van der Waals surface area contributed by atoms with Crippen LogP contribution >= 0.6 is 0 Å². The fourth-order valence-electron chi connectivity index (χ4n) is 6.71. The van der Waals surface area contributed by atoms with Crippen LogP contribution in [0.4, 0.5) is 0 Å². The number of H-pyrrole nitrogens is 2. The van der Waals surface area contributed by atoms with Crippen molar-refractivity contribution in [2.75, 3.05) is 0 Å². The summed E-state index contributed by atoms with van der Waals surface area (Å²) in [6.07, 6.45) is 6.19. The number of hydrogen-bond acceptors (Lipinski definition) is 3. The Morgan fingerprint density at radius 2 is 1.28 bits per heavy atom. The van der Waals surface area contributed by atoms with Crippen LogP contribution in [0.3, 0.4) is 0 Å². The highest BCUT2D eigenvalue weighted by Gasteiger charge is 2.26. The average Bonchev–Trinajstić information content (AvgIpc) is 3.85. The number of amides is 1. The van der Waals surface area contributed by atoms with E-state index >= 15 is 0 Å². The Morgan fingerprint density at radius 1 is 0.638 bits per heavy atom. The van der Waals surface area contributed by atoms with Crippen molar-refractivity contribution >= 4 is 38.5 Å². The molecule has 1 amide bonds. The highest BCUT2D eigenvalue weighted by atomic mass is 16.1. The van der Waals surface area contributed by atoms with Gasteiger partial charge in [-0.1, -0.05) is 97.1 Å². The summed E-state index contributed by atoms with van der Waals surface area (Å²) >= 11 is 0. The Balaban J connectivity index is 1.21. The summed E-state index contributed by atoms with van der Waals surface area (Å²) < 4.78 is 2.22. The maximum absolute atomic E-state index is 13.7. The number of nitrogens with zero attached hydrogens (tertiary/aromatic N) is 3. The van der Waals surface area contributed by atoms with Gasteiger partial charge in [0.25, 0.3) is 5.91 Å². The van der Waals surface area contributed by atoms with Gasteiger partial charge in [-0.3, -0.25) is 4.79 Å². The van der Waals surface area contributed by atoms with E-state index in [-0.39, 0.29) is 5.91 Å². The minimum Gasteiger partial charge on any atom is -0.361 e. The SMILES string of the molecule is O=C(N[C@H](Cc1c[nH]c2ccccc12)c1nnc(CCc2c[nH]c3ccccc23)n1Cc1cccc2ccccc12)c1ccccc1. The minimum atomic E-state index is -0.425. The van der Waals surface area contributed by atoms with Crippen LogP contribution in [0.2, 0.25) is 0 Å². The molecule has 0 aliphatic heterocycles. The van der Waals surface area contributed by atoms with E-state index in [1.807, 2.05) is 54.7 Å². The number of rotatable bonds is 10. The monoisotopic (exact) mass is 614 g/mol. The lowest BCUT2D eigenvalue weighted by atomic mass is 10.0. The number of carbonyl (C=O) groups is 1. The van der Waals surface area contributed by atoms with E-state index < -0.39 is 6.04 Å². The topological polar surface area (TPSA) is 91.4 Å². The smallest absolute Gasteiger partial charge is 0.251 e. The molecule has 7 heteroatoms. The number of fused-ring (bicyclic) bond motifs is 3. The van der Waals surface area contributed by atoms with Crippen molar-refractivity contribution in [3.05, 3.63) is 168 Å². The van der Waals surface area contributed by atoms with E-state index in [0.717, 1.165) is 40.1 Å². The molecule has 3 aromatic heterocycles. The lowest BCUT2D eigenvalue weighted by molar-refractivity contribution is 0.0934. The van der Waals surface area contributed by atoms with E-state index in [4.69, 9.17) is 10.2 Å². The van der Waals surface area contributed by atoms with Crippen molar-refractivity contribution < 1.29 is 4.79 Å². The molecule has 230 valence electrons. The highest BCUT2D eigenvalue weighted by molar-refractivity contribution is 5.94. The number of carbonyl (C=O) groups excluding carboxylic acids is 1. The third-order valence-electron chi connectivity index (χ3n) is 9.11. The summed E-state index contributed by atoms with van der Waals surface area (Å²) in [5.74, 6) is 1.48. The average molecular weight is 615 g/mol. The van der Waals surface area contributed by atoms with Gasteiger partial charge in [-0.2, -0.15) is 0 Å². The molecule has 8 rings (SSSR count). The Hall–Kier alpha value is -5.95. The van der Waals surface area contributed by atoms with Gasteiger partial charge in [0, 0.05) is 52.6 Å². The second-order valence-electron chi connectivity index (χ2n) is 12.0. The second-order valence-corrected chi connectivity index (χ2v) is 12.0. The summed E-state index contributed by atoms with van der Waals surface area (Å²) in [4.78, 5) is 20.5. The van der Waals surface area contributed by atoms with Gasteiger partial charge in [-0.05, 0) is 58.1 Å². The molecule has 0 fully saturated rings. The summed E-state index contributed by atoms with van der Waals surface area (Å²) in [6, 6.07) is 40.5. The number of aromatic nitrogens is 5. The standard InChI is InChI=1S/C40H34N6O/c47-40(28-12-2-1-3-13-28)43-37(23-31-25-42-36-20-9-7-18-34(31)36)39-45-44-38(22-21-29-24-41-35-19-8-6-17-33(29)35)46(39)26-30-15-10-14-27-11-4-5-16-32(27)30/h1-20,24-25,37,41-42H,21-23,26H2,(H,43,47)/t37-/m1/s1. The van der Waals surface area contributed by atoms with Gasteiger partial charge in [0.2, 0.25) is 0 Å². The maximum atomic E-state index is 13.7. The van der Waals surface area contributed by atoms with Gasteiger partial charge in [0.15, 0.2) is 5.82 Å². The van der Waals surface area contributed by atoms with Gasteiger partial charge in [-0.25, -0.2) is 0 Å². The predicted octanol–water partition coefficient (Wildman–Crippen LogP) is 7.94. The van der Waals surface area contributed by atoms with Crippen LogP contribution in [0.15, 0.2) is 134 Å². The van der Waals surface area contributed by atoms with Crippen LogP contribution in [0.5, 0.6) is 0 Å². The normalized spacial score (nSPS) is 12.2. The highest BCUT2D eigenvalue weighted by Crippen LogP contribution is 2.28. The van der Waals surface area contributed by atoms with Crippen LogP contribution in [0.1, 0.15) is 44.7 Å². The zero-order valence-electron chi connectivity index (χ0n) is 25.9. The van der Waals surface area contributed by atoms with Crippen LogP contribution in [0.25, 0.3) is 32.6 Å². The third kappa shape index (κ3) is 5.68. The van der Waals surface area contributed by atoms with Crippen molar-refractivity contribution in [3.8, 4) is 0 Å². The zero-order valence-corrected chi connectivity index (χ0v) is 25.9. The van der Waals surface area contributed by atoms with E-state index in [2.05, 4.69) is 98.8 Å². The molecule has 47 heavy (non-hydrogen) atoms. The van der Waals surface area contributed by atoms with Gasteiger partial charge in [-0.15, -0.1) is 10.2 Å². The first-order valence-corrected chi connectivity index (χ1v) is 16.1. The molecule has 0 radical (unpaired) electrons. The number of nitrogens with one attached hydrogen (secondary N) is 3. The van der Waals surface area contributed by atoms with Crippen LogP contribution in [-0.2, 0) is 25.8 Å². The first-order valence-electron chi connectivity index (χ1n) is 16.1. The molecular weight excluding hydrogens is 580 g/mol. The minimum absolute atomic E-state index is 0.143. The van der Waals surface area contributed by atoms with Crippen molar-refractivity contribution in [3.63, 3.8) is 0 Å². The van der Waals surface area contributed by atoms with Crippen LogP contribution in [-0.4, -0.2) is 30.6 Å². The number of para-hydroxylation sites is 2. The molecule has 0 unspecified atom stereocenters. The number of aromatic amines is 2. The van der Waals surface area contributed by atoms with Gasteiger partial charge >= 0.3 is 0 Å². The summed E-state index contributed by atoms with van der Waals surface area (Å²) in [5.41, 5.74) is 6.33. The molecule has 0 saturated carbocycles. The first-order chi connectivity index (χ1) is 23.2. The largest absolute Gasteiger partial charge is 0.361 e. The molecule has 0 bridgehead atoms. The molecule has 0 saturated heterocycles. The van der Waals surface area contributed by atoms with E-state index in [1.54, 1.807) is 0 Å². The molecule has 8 aromatic rings. The third-order valence-corrected chi connectivity index (χ3v) is 9.11. The summed E-state index contributed by atoms with van der Waals surface area (Å²) in [7, 11) is 0. The van der Waals surface area contributed by atoms with Crippen LogP contribution < -0.4 is 5.32 Å². The number of hydrogen-bond donors (Lipinski definition) is 3. The Labute approximate surface area is 272 Å². The van der Waals surface area contributed by atoms with Gasteiger partial charge in [0.05, 0.1) is 12.6 Å². The van der Waals surface area contributed by atoms with E-state index in [0.29, 0.717) is 24.9 Å².